The Kier molecular flexibility index (Phi) is 4.18. The van der Waals surface area contributed by atoms with Crippen LogP contribution in [0.2, 0.25) is 0 Å². The molecule has 1 nitrogen and oxygen atoms in total. The summed E-state index contributed by atoms with van der Waals surface area (Å²) in [4.78, 5) is 2.47. The van der Waals surface area contributed by atoms with E-state index in [0.29, 0.717) is 0 Å². The van der Waals surface area contributed by atoms with Gasteiger partial charge < -0.3 is 4.90 Å². The van der Waals surface area contributed by atoms with Crippen LogP contribution in [0, 0.1) is 5.41 Å². The first-order valence-electron chi connectivity index (χ1n) is 6.11. The second-order valence-corrected chi connectivity index (χ2v) is 4.61. The van der Waals surface area contributed by atoms with E-state index in [1.54, 1.807) is 5.57 Å². The van der Waals surface area contributed by atoms with Crippen molar-refractivity contribution in [3.8, 4) is 0 Å². The van der Waals surface area contributed by atoms with Gasteiger partial charge in [0.15, 0.2) is 0 Å². The third-order valence-corrected chi connectivity index (χ3v) is 3.33. The van der Waals surface area contributed by atoms with Crippen molar-refractivity contribution in [3.05, 3.63) is 11.6 Å². The predicted octanol–water partition coefficient (Wildman–Crippen LogP) is 3.46. The minimum atomic E-state index is 0.718. The highest BCUT2D eigenvalue weighted by atomic mass is 15.1. The zero-order valence-corrected chi connectivity index (χ0v) is 10.3. The molecule has 1 aliphatic heterocycles. The molecule has 1 aliphatic carbocycles. The third kappa shape index (κ3) is 2.38. The Labute approximate surface area is 89.2 Å². The fourth-order valence-corrected chi connectivity index (χ4v) is 2.79. The molecule has 0 aromatic carbocycles. The fraction of sp³-hybridized carbons (Fsp3) is 0.846. The van der Waals surface area contributed by atoms with Crippen molar-refractivity contribution in [1.29, 1.82) is 0 Å². The zero-order valence-electron chi connectivity index (χ0n) is 10.3. The summed E-state index contributed by atoms with van der Waals surface area (Å²) in [7, 11) is 2.25. The van der Waals surface area contributed by atoms with E-state index in [-0.39, 0.29) is 0 Å². The Morgan fingerprint density at radius 1 is 1.36 bits per heavy atom. The summed E-state index contributed by atoms with van der Waals surface area (Å²) in [6.45, 7) is 8.90. The largest absolute Gasteiger partial charge is 0.306 e. The molecule has 0 aromatic rings. The molecule has 82 valence electrons. The van der Waals surface area contributed by atoms with Crippen molar-refractivity contribution < 1.29 is 0 Å². The molecule has 2 rings (SSSR count). The third-order valence-electron chi connectivity index (χ3n) is 3.33. The molecule has 0 radical (unpaired) electrons. The van der Waals surface area contributed by atoms with Crippen LogP contribution < -0.4 is 0 Å². The van der Waals surface area contributed by atoms with Crippen molar-refractivity contribution in [2.75, 3.05) is 20.1 Å². The Hall–Kier alpha value is -0.300. The molecule has 0 aromatic heterocycles. The molecule has 1 spiro atoms. The van der Waals surface area contributed by atoms with Gasteiger partial charge in [0.2, 0.25) is 0 Å². The molecule has 1 heteroatoms. The zero-order chi connectivity index (χ0) is 10.6. The minimum Gasteiger partial charge on any atom is -0.306 e. The number of hydrogen-bond donors (Lipinski definition) is 0. The molecule has 1 heterocycles. The summed E-state index contributed by atoms with van der Waals surface area (Å²) in [6.07, 6.45) is 7.87. The van der Waals surface area contributed by atoms with Crippen molar-refractivity contribution in [1.82, 2.24) is 4.90 Å². The summed E-state index contributed by atoms with van der Waals surface area (Å²) in [6, 6.07) is 0. The molecule has 0 N–H and O–H groups in total. The summed E-state index contributed by atoms with van der Waals surface area (Å²) in [5, 5.41) is 0. The summed E-state index contributed by atoms with van der Waals surface area (Å²) in [5.74, 6) is 0. The lowest BCUT2D eigenvalue weighted by Crippen LogP contribution is -2.33. The quantitative estimate of drug-likeness (QED) is 0.579. The van der Waals surface area contributed by atoms with Gasteiger partial charge in [-0.1, -0.05) is 32.4 Å². The van der Waals surface area contributed by atoms with Crippen LogP contribution >= 0.6 is 0 Å². The molecule has 0 amide bonds. The average Bonchev–Trinajstić information content (AvgIpc) is 2.51. The van der Waals surface area contributed by atoms with E-state index in [1.165, 1.54) is 38.8 Å². The van der Waals surface area contributed by atoms with Gasteiger partial charge in [-0.3, -0.25) is 0 Å². The topological polar surface area (TPSA) is 3.24 Å². The van der Waals surface area contributed by atoms with E-state index in [0.717, 1.165) is 5.41 Å². The van der Waals surface area contributed by atoms with Crippen LogP contribution in [0.3, 0.4) is 0 Å². The Morgan fingerprint density at radius 3 is 2.43 bits per heavy atom. The molecule has 0 unspecified atom stereocenters. The van der Waals surface area contributed by atoms with Gasteiger partial charge in [0, 0.05) is 6.54 Å². The molecule has 1 saturated heterocycles. The Morgan fingerprint density at radius 2 is 2.00 bits per heavy atom. The van der Waals surface area contributed by atoms with Crippen LogP contribution in [0.15, 0.2) is 11.6 Å². The van der Waals surface area contributed by atoms with E-state index in [4.69, 9.17) is 0 Å². The molecule has 0 bridgehead atoms. The summed E-state index contributed by atoms with van der Waals surface area (Å²) >= 11 is 0. The smallest absolute Gasteiger partial charge is 0.00416 e. The SMILES string of the molecule is CC.CCC=C1CC2(CCN(C)C2)C1. The maximum Gasteiger partial charge on any atom is 0.00416 e. The Bertz CT molecular complexity index is 197. The Balaban J connectivity index is 0.000000461. The van der Waals surface area contributed by atoms with Crippen LogP contribution in [0.4, 0.5) is 0 Å². The minimum absolute atomic E-state index is 0.718. The molecular weight excluding hydrogens is 170 g/mol. The first kappa shape index (κ1) is 11.8. The lowest BCUT2D eigenvalue weighted by Gasteiger charge is -2.41. The summed E-state index contributed by atoms with van der Waals surface area (Å²) in [5.41, 5.74) is 2.43. The molecule has 0 atom stereocenters. The number of likely N-dealkylation sites (tertiary alicyclic amines) is 1. The van der Waals surface area contributed by atoms with Gasteiger partial charge in [0.25, 0.3) is 0 Å². The van der Waals surface area contributed by atoms with Gasteiger partial charge in [0.1, 0.15) is 0 Å². The van der Waals surface area contributed by atoms with Crippen LogP contribution in [0.25, 0.3) is 0 Å². The lowest BCUT2D eigenvalue weighted by molar-refractivity contribution is 0.211. The van der Waals surface area contributed by atoms with Gasteiger partial charge in [-0.25, -0.2) is 0 Å². The number of allylic oxidation sites excluding steroid dienone is 2. The van der Waals surface area contributed by atoms with E-state index >= 15 is 0 Å². The normalized spacial score (nSPS) is 31.0. The van der Waals surface area contributed by atoms with E-state index in [1.807, 2.05) is 13.8 Å². The molecule has 1 saturated carbocycles. The molecule has 2 aliphatic rings. The van der Waals surface area contributed by atoms with Crippen LogP contribution in [-0.2, 0) is 0 Å². The van der Waals surface area contributed by atoms with Gasteiger partial charge >= 0.3 is 0 Å². The number of nitrogens with zero attached hydrogens (tertiary/aromatic N) is 1. The maximum absolute atomic E-state index is 2.47. The lowest BCUT2D eigenvalue weighted by atomic mass is 9.65. The summed E-state index contributed by atoms with van der Waals surface area (Å²) < 4.78 is 0. The molecular formula is C13H25N. The predicted molar refractivity (Wildman–Crippen MR) is 63.5 cm³/mol. The van der Waals surface area contributed by atoms with Crippen LogP contribution in [0.5, 0.6) is 0 Å². The van der Waals surface area contributed by atoms with Crippen molar-refractivity contribution >= 4 is 0 Å². The van der Waals surface area contributed by atoms with E-state index < -0.39 is 0 Å². The highest BCUT2D eigenvalue weighted by molar-refractivity contribution is 5.20. The molecule has 14 heavy (non-hydrogen) atoms. The fourth-order valence-electron chi connectivity index (χ4n) is 2.79. The van der Waals surface area contributed by atoms with Gasteiger partial charge in [0.05, 0.1) is 0 Å². The second-order valence-electron chi connectivity index (χ2n) is 4.61. The maximum atomic E-state index is 2.47. The van der Waals surface area contributed by atoms with Crippen LogP contribution in [-0.4, -0.2) is 25.0 Å². The highest BCUT2D eigenvalue weighted by Gasteiger charge is 2.44. The van der Waals surface area contributed by atoms with Gasteiger partial charge in [-0.15, -0.1) is 0 Å². The number of rotatable bonds is 1. The van der Waals surface area contributed by atoms with E-state index in [2.05, 4.69) is 24.9 Å². The van der Waals surface area contributed by atoms with Crippen molar-refractivity contribution in [2.24, 2.45) is 5.41 Å². The standard InChI is InChI=1S/C11H19N.C2H6/c1-3-4-10-7-11(8-10)5-6-12(2)9-11;1-2/h4H,3,5-9H2,1-2H3;1-2H3. The van der Waals surface area contributed by atoms with Gasteiger partial charge in [-0.2, -0.15) is 0 Å². The van der Waals surface area contributed by atoms with E-state index in [9.17, 15) is 0 Å². The first-order chi connectivity index (χ1) is 6.74. The molecule has 2 fully saturated rings. The van der Waals surface area contributed by atoms with Crippen molar-refractivity contribution in [2.45, 2.75) is 46.5 Å². The van der Waals surface area contributed by atoms with Gasteiger partial charge in [-0.05, 0) is 44.7 Å². The van der Waals surface area contributed by atoms with Crippen LogP contribution in [0.1, 0.15) is 46.5 Å². The first-order valence-corrected chi connectivity index (χ1v) is 6.11. The monoisotopic (exact) mass is 195 g/mol. The van der Waals surface area contributed by atoms with Crippen molar-refractivity contribution in [3.63, 3.8) is 0 Å². The number of hydrogen-bond acceptors (Lipinski definition) is 1. The second kappa shape index (κ2) is 4.97. The average molecular weight is 195 g/mol. The highest BCUT2D eigenvalue weighted by Crippen LogP contribution is 2.51.